The summed E-state index contributed by atoms with van der Waals surface area (Å²) in [5, 5.41) is 5.34. The van der Waals surface area contributed by atoms with Gasteiger partial charge in [-0.05, 0) is 30.3 Å². The normalized spacial score (nSPS) is 10.8. The Labute approximate surface area is 130 Å². The number of ether oxygens (including phenoxy) is 1. The molecule has 0 saturated carbocycles. The molecule has 0 N–H and O–H groups in total. The molecule has 5 nitrogen and oxygen atoms in total. The Bertz CT molecular complexity index is 825. The van der Waals surface area contributed by atoms with E-state index in [-0.39, 0.29) is 0 Å². The van der Waals surface area contributed by atoms with Gasteiger partial charge < -0.3 is 4.74 Å². The van der Waals surface area contributed by atoms with Gasteiger partial charge in [0.15, 0.2) is 11.5 Å². The number of fused-ring (bicyclic) bond motifs is 1. The van der Waals surface area contributed by atoms with Crippen molar-refractivity contribution >= 4 is 34.8 Å². The first kappa shape index (κ1) is 13.9. The SMILES string of the molecule is COC(=O)c1ccn2nc(-c3cc(Cl)cc(Cl)c3)nc2c1. The smallest absolute Gasteiger partial charge is 0.338 e. The Morgan fingerprint density at radius 1 is 1.19 bits per heavy atom. The van der Waals surface area contributed by atoms with Gasteiger partial charge in [-0.2, -0.15) is 0 Å². The highest BCUT2D eigenvalue weighted by Gasteiger charge is 2.11. The minimum atomic E-state index is -0.423. The minimum absolute atomic E-state index is 0.410. The molecule has 2 heterocycles. The van der Waals surface area contributed by atoms with Crippen molar-refractivity contribution in [1.82, 2.24) is 14.6 Å². The molecule has 0 fully saturated rings. The molecule has 0 unspecified atom stereocenters. The maximum atomic E-state index is 11.5. The van der Waals surface area contributed by atoms with Gasteiger partial charge in [-0.1, -0.05) is 23.2 Å². The van der Waals surface area contributed by atoms with Crippen molar-refractivity contribution in [3.05, 3.63) is 52.1 Å². The van der Waals surface area contributed by atoms with Crippen molar-refractivity contribution in [2.24, 2.45) is 0 Å². The van der Waals surface area contributed by atoms with Crippen LogP contribution in [0.4, 0.5) is 0 Å². The van der Waals surface area contributed by atoms with Crippen LogP contribution >= 0.6 is 23.2 Å². The fraction of sp³-hybridized carbons (Fsp3) is 0.0714. The lowest BCUT2D eigenvalue weighted by molar-refractivity contribution is 0.0600. The molecule has 0 aliphatic carbocycles. The molecule has 0 spiro atoms. The molecule has 3 aromatic rings. The van der Waals surface area contributed by atoms with E-state index in [9.17, 15) is 4.79 Å². The summed E-state index contributed by atoms with van der Waals surface area (Å²) in [5.41, 5.74) is 1.65. The van der Waals surface area contributed by atoms with E-state index in [0.717, 1.165) is 0 Å². The lowest BCUT2D eigenvalue weighted by atomic mass is 10.2. The summed E-state index contributed by atoms with van der Waals surface area (Å²) >= 11 is 12.0. The first-order valence-corrected chi connectivity index (χ1v) is 6.73. The number of methoxy groups -OCH3 is 1. The number of rotatable bonds is 2. The molecular weight excluding hydrogens is 313 g/mol. The summed E-state index contributed by atoms with van der Waals surface area (Å²) in [4.78, 5) is 15.9. The third-order valence-electron chi connectivity index (χ3n) is 2.88. The van der Waals surface area contributed by atoms with Crippen LogP contribution in [0.3, 0.4) is 0 Å². The zero-order chi connectivity index (χ0) is 15.0. The highest BCUT2D eigenvalue weighted by molar-refractivity contribution is 6.35. The molecule has 0 aliphatic rings. The molecule has 7 heteroatoms. The molecule has 1 aromatic carbocycles. The monoisotopic (exact) mass is 321 g/mol. The second-order valence-corrected chi connectivity index (χ2v) is 5.18. The number of pyridine rings is 1. The van der Waals surface area contributed by atoms with E-state index in [4.69, 9.17) is 23.2 Å². The van der Waals surface area contributed by atoms with Crippen molar-refractivity contribution in [1.29, 1.82) is 0 Å². The largest absolute Gasteiger partial charge is 0.465 e. The van der Waals surface area contributed by atoms with E-state index < -0.39 is 5.97 Å². The molecule has 2 aromatic heterocycles. The fourth-order valence-corrected chi connectivity index (χ4v) is 2.46. The summed E-state index contributed by atoms with van der Waals surface area (Å²) in [7, 11) is 1.33. The average molecular weight is 322 g/mol. The Kier molecular flexibility index (Phi) is 3.53. The van der Waals surface area contributed by atoms with Crippen LogP contribution in [0.25, 0.3) is 17.0 Å². The van der Waals surface area contributed by atoms with Gasteiger partial charge in [0, 0.05) is 21.8 Å². The van der Waals surface area contributed by atoms with Crippen LogP contribution in [0.5, 0.6) is 0 Å². The topological polar surface area (TPSA) is 56.5 Å². The zero-order valence-electron chi connectivity index (χ0n) is 10.9. The van der Waals surface area contributed by atoms with E-state index in [2.05, 4.69) is 14.8 Å². The quantitative estimate of drug-likeness (QED) is 0.678. The predicted octanol–water partition coefficient (Wildman–Crippen LogP) is 3.49. The van der Waals surface area contributed by atoms with Crippen LogP contribution in [-0.2, 0) is 4.74 Å². The van der Waals surface area contributed by atoms with Gasteiger partial charge in [-0.15, -0.1) is 5.10 Å². The maximum absolute atomic E-state index is 11.5. The van der Waals surface area contributed by atoms with Gasteiger partial charge in [-0.25, -0.2) is 14.3 Å². The van der Waals surface area contributed by atoms with Gasteiger partial charge in [0.05, 0.1) is 12.7 Å². The van der Waals surface area contributed by atoms with E-state index in [0.29, 0.717) is 32.6 Å². The molecule has 0 amide bonds. The van der Waals surface area contributed by atoms with Crippen molar-refractivity contribution in [2.75, 3.05) is 7.11 Å². The Hall–Kier alpha value is -2.11. The van der Waals surface area contributed by atoms with Gasteiger partial charge in [0.1, 0.15) is 0 Å². The summed E-state index contributed by atoms with van der Waals surface area (Å²) in [6, 6.07) is 8.31. The van der Waals surface area contributed by atoms with Crippen LogP contribution in [-0.4, -0.2) is 27.7 Å². The van der Waals surface area contributed by atoms with Crippen molar-refractivity contribution in [3.63, 3.8) is 0 Å². The lowest BCUT2D eigenvalue weighted by Crippen LogP contribution is -2.02. The van der Waals surface area contributed by atoms with Crippen molar-refractivity contribution in [2.45, 2.75) is 0 Å². The molecule has 0 saturated heterocycles. The number of nitrogens with zero attached hydrogens (tertiary/aromatic N) is 3. The zero-order valence-corrected chi connectivity index (χ0v) is 12.4. The Balaban J connectivity index is 2.10. The predicted molar refractivity (Wildman–Crippen MR) is 79.8 cm³/mol. The number of hydrogen-bond donors (Lipinski definition) is 0. The maximum Gasteiger partial charge on any atom is 0.338 e. The van der Waals surface area contributed by atoms with Crippen molar-refractivity contribution < 1.29 is 9.53 Å². The standard InChI is InChI=1S/C14H9Cl2N3O2/c1-21-14(20)8-2-3-19-12(6-8)17-13(18-19)9-4-10(15)7-11(16)5-9/h2-7H,1H3. The molecule has 0 aliphatic heterocycles. The van der Waals surface area contributed by atoms with Crippen LogP contribution < -0.4 is 0 Å². The van der Waals surface area contributed by atoms with Gasteiger partial charge >= 0.3 is 5.97 Å². The Morgan fingerprint density at radius 3 is 2.57 bits per heavy atom. The van der Waals surface area contributed by atoms with E-state index >= 15 is 0 Å². The van der Waals surface area contributed by atoms with Crippen molar-refractivity contribution in [3.8, 4) is 11.4 Å². The van der Waals surface area contributed by atoms with Crippen LogP contribution in [0.15, 0.2) is 36.5 Å². The van der Waals surface area contributed by atoms with Gasteiger partial charge in [0.25, 0.3) is 0 Å². The molecule has 106 valence electrons. The molecular formula is C14H9Cl2N3O2. The fourth-order valence-electron chi connectivity index (χ4n) is 1.93. The lowest BCUT2D eigenvalue weighted by Gasteiger charge is -1.97. The third-order valence-corrected chi connectivity index (χ3v) is 3.32. The first-order chi connectivity index (χ1) is 10.1. The van der Waals surface area contributed by atoms with Crippen LogP contribution in [0, 0.1) is 0 Å². The summed E-state index contributed by atoms with van der Waals surface area (Å²) in [5.74, 6) is 0.0502. The van der Waals surface area contributed by atoms with E-state index in [1.54, 1.807) is 41.0 Å². The van der Waals surface area contributed by atoms with Crippen LogP contribution in [0.2, 0.25) is 10.0 Å². The molecule has 0 atom stereocenters. The number of benzene rings is 1. The second kappa shape index (κ2) is 5.35. The molecule has 0 bridgehead atoms. The van der Waals surface area contributed by atoms with Crippen LogP contribution in [0.1, 0.15) is 10.4 Å². The minimum Gasteiger partial charge on any atom is -0.465 e. The number of halogens is 2. The Morgan fingerprint density at radius 2 is 1.90 bits per heavy atom. The van der Waals surface area contributed by atoms with Gasteiger partial charge in [-0.3, -0.25) is 0 Å². The molecule has 21 heavy (non-hydrogen) atoms. The summed E-state index contributed by atoms with van der Waals surface area (Å²) < 4.78 is 6.24. The first-order valence-electron chi connectivity index (χ1n) is 5.98. The second-order valence-electron chi connectivity index (χ2n) is 4.30. The molecule has 0 radical (unpaired) electrons. The summed E-state index contributed by atoms with van der Waals surface area (Å²) in [6.07, 6.45) is 1.64. The van der Waals surface area contributed by atoms with E-state index in [1.165, 1.54) is 7.11 Å². The number of aromatic nitrogens is 3. The number of esters is 1. The van der Waals surface area contributed by atoms with E-state index in [1.807, 2.05) is 0 Å². The highest BCUT2D eigenvalue weighted by atomic mass is 35.5. The number of carbonyl (C=O) groups is 1. The number of carbonyl (C=O) groups excluding carboxylic acids is 1. The molecule has 3 rings (SSSR count). The summed E-state index contributed by atoms with van der Waals surface area (Å²) in [6.45, 7) is 0. The highest BCUT2D eigenvalue weighted by Crippen LogP contribution is 2.25. The van der Waals surface area contributed by atoms with Gasteiger partial charge in [0.2, 0.25) is 0 Å². The third kappa shape index (κ3) is 2.70. The average Bonchev–Trinajstić information content (AvgIpc) is 2.88. The number of hydrogen-bond acceptors (Lipinski definition) is 4.